The normalized spacial score (nSPS) is 11.4. The zero-order valence-electron chi connectivity index (χ0n) is 14.7. The Morgan fingerprint density at radius 2 is 1.85 bits per heavy atom. The van der Waals surface area contributed by atoms with Gasteiger partial charge in [-0.2, -0.15) is 0 Å². The lowest BCUT2D eigenvalue weighted by Gasteiger charge is -2.23. The lowest BCUT2D eigenvalue weighted by Crippen LogP contribution is -2.37. The van der Waals surface area contributed by atoms with Gasteiger partial charge in [-0.1, -0.05) is 11.6 Å². The molecule has 0 atom stereocenters. The van der Waals surface area contributed by atoms with Crippen molar-refractivity contribution in [1.82, 2.24) is 4.72 Å². The van der Waals surface area contributed by atoms with E-state index in [1.54, 1.807) is 18.2 Å². The highest BCUT2D eigenvalue weighted by atomic mass is 35.5. The Morgan fingerprint density at radius 3 is 2.42 bits per heavy atom. The molecule has 0 aliphatic rings. The van der Waals surface area contributed by atoms with Crippen molar-refractivity contribution in [3.63, 3.8) is 0 Å². The van der Waals surface area contributed by atoms with Crippen LogP contribution in [0.3, 0.4) is 0 Å². The molecule has 0 aliphatic carbocycles. The van der Waals surface area contributed by atoms with Gasteiger partial charge in [0.1, 0.15) is 5.82 Å². The van der Waals surface area contributed by atoms with Crippen molar-refractivity contribution in [1.29, 1.82) is 0 Å². The van der Waals surface area contributed by atoms with Crippen LogP contribution in [-0.2, 0) is 14.8 Å². The van der Waals surface area contributed by atoms with Gasteiger partial charge in [0.2, 0.25) is 15.9 Å². The number of carbonyl (C=O) groups excluding carboxylic acids is 1. The fraction of sp³-hybridized carbons (Fsp3) is 0.278. The zero-order valence-corrected chi connectivity index (χ0v) is 16.3. The van der Waals surface area contributed by atoms with E-state index in [0.29, 0.717) is 10.7 Å². The van der Waals surface area contributed by atoms with Crippen molar-refractivity contribution >= 4 is 33.2 Å². The summed E-state index contributed by atoms with van der Waals surface area (Å²) in [5.74, 6) is -0.683. The van der Waals surface area contributed by atoms with Crippen molar-refractivity contribution in [3.05, 3.63) is 58.4 Å². The molecule has 0 fully saturated rings. The fourth-order valence-corrected chi connectivity index (χ4v) is 3.86. The summed E-state index contributed by atoms with van der Waals surface area (Å²) < 4.78 is 40.4. The number of carbonyl (C=O) groups is 1. The molecule has 0 saturated heterocycles. The molecule has 140 valence electrons. The first-order valence-electron chi connectivity index (χ1n) is 7.92. The van der Waals surface area contributed by atoms with Crippen molar-refractivity contribution in [2.75, 3.05) is 18.0 Å². The first-order chi connectivity index (χ1) is 12.1. The Kier molecular flexibility index (Phi) is 6.39. The molecule has 5 nitrogen and oxygen atoms in total. The fourth-order valence-electron chi connectivity index (χ4n) is 2.53. The third kappa shape index (κ3) is 4.81. The van der Waals surface area contributed by atoms with E-state index in [2.05, 4.69) is 4.72 Å². The van der Waals surface area contributed by atoms with Crippen LogP contribution in [-0.4, -0.2) is 27.4 Å². The van der Waals surface area contributed by atoms with Gasteiger partial charge >= 0.3 is 0 Å². The van der Waals surface area contributed by atoms with Crippen molar-refractivity contribution in [3.8, 4) is 0 Å². The summed E-state index contributed by atoms with van der Waals surface area (Å²) in [6.45, 7) is 4.89. The maximum atomic E-state index is 13.3. The Labute approximate surface area is 157 Å². The molecule has 0 unspecified atom stereocenters. The molecule has 0 saturated carbocycles. The quantitative estimate of drug-likeness (QED) is 0.810. The molecule has 0 aliphatic heterocycles. The predicted molar refractivity (Wildman–Crippen MR) is 101 cm³/mol. The molecule has 0 spiro atoms. The molecule has 1 N–H and O–H groups in total. The van der Waals surface area contributed by atoms with Gasteiger partial charge in [0.15, 0.2) is 0 Å². The topological polar surface area (TPSA) is 66.5 Å². The van der Waals surface area contributed by atoms with Crippen LogP contribution >= 0.6 is 11.6 Å². The SMILES string of the molecule is CC(=O)N(CCNS(=O)(=O)c1ccc(F)c(C)c1)c1ccc(Cl)cc1C. The summed E-state index contributed by atoms with van der Waals surface area (Å²) in [5.41, 5.74) is 1.72. The summed E-state index contributed by atoms with van der Waals surface area (Å²) in [7, 11) is -3.80. The minimum absolute atomic E-state index is 0.0143. The second-order valence-corrected chi connectivity index (χ2v) is 8.11. The molecule has 0 bridgehead atoms. The van der Waals surface area contributed by atoms with Crippen LogP contribution in [0.1, 0.15) is 18.1 Å². The van der Waals surface area contributed by atoms with Crippen molar-refractivity contribution < 1.29 is 17.6 Å². The maximum Gasteiger partial charge on any atom is 0.240 e. The van der Waals surface area contributed by atoms with Gasteiger partial charge in [0.05, 0.1) is 4.90 Å². The number of hydrogen-bond acceptors (Lipinski definition) is 3. The van der Waals surface area contributed by atoms with E-state index in [1.807, 2.05) is 6.92 Å². The van der Waals surface area contributed by atoms with Crippen LogP contribution in [0.2, 0.25) is 5.02 Å². The summed E-state index contributed by atoms with van der Waals surface area (Å²) >= 11 is 5.94. The van der Waals surface area contributed by atoms with Crippen LogP contribution in [0.15, 0.2) is 41.3 Å². The third-order valence-corrected chi connectivity index (χ3v) is 5.59. The van der Waals surface area contributed by atoms with Crippen LogP contribution in [0.25, 0.3) is 0 Å². The number of hydrogen-bond donors (Lipinski definition) is 1. The Hall–Kier alpha value is -1.96. The minimum atomic E-state index is -3.80. The van der Waals surface area contributed by atoms with Gasteiger partial charge in [0.25, 0.3) is 0 Å². The van der Waals surface area contributed by atoms with Gasteiger partial charge in [0, 0.05) is 30.7 Å². The lowest BCUT2D eigenvalue weighted by atomic mass is 10.2. The van der Waals surface area contributed by atoms with Gasteiger partial charge in [-0.05, 0) is 61.4 Å². The molecule has 2 rings (SSSR count). The number of anilines is 1. The average Bonchev–Trinajstić information content (AvgIpc) is 2.54. The molecule has 0 heterocycles. The van der Waals surface area contributed by atoms with Gasteiger partial charge in [-0.3, -0.25) is 4.79 Å². The summed E-state index contributed by atoms with van der Waals surface area (Å²) in [5, 5.41) is 0.558. The summed E-state index contributed by atoms with van der Waals surface area (Å²) in [4.78, 5) is 13.4. The summed E-state index contributed by atoms with van der Waals surface area (Å²) in [6, 6.07) is 8.71. The van der Waals surface area contributed by atoms with E-state index in [9.17, 15) is 17.6 Å². The third-order valence-electron chi connectivity index (χ3n) is 3.90. The van der Waals surface area contributed by atoms with Crippen molar-refractivity contribution in [2.45, 2.75) is 25.7 Å². The molecule has 8 heteroatoms. The highest BCUT2D eigenvalue weighted by molar-refractivity contribution is 7.89. The number of aryl methyl sites for hydroxylation is 2. The molecular weight excluding hydrogens is 379 g/mol. The second-order valence-electron chi connectivity index (χ2n) is 5.91. The standard InChI is InChI=1S/C18H20ClFN2O3S/c1-12-11-16(5-6-17(12)20)26(24,25)21-8-9-22(14(3)23)18-7-4-15(19)10-13(18)2/h4-7,10-11,21H,8-9H2,1-3H3. The Morgan fingerprint density at radius 1 is 1.15 bits per heavy atom. The number of amides is 1. The molecule has 26 heavy (non-hydrogen) atoms. The van der Waals surface area contributed by atoms with E-state index in [1.165, 1.54) is 30.9 Å². The first kappa shape index (κ1) is 20.4. The first-order valence-corrected chi connectivity index (χ1v) is 9.78. The number of nitrogens with one attached hydrogen (secondary N) is 1. The number of rotatable bonds is 6. The number of nitrogens with zero attached hydrogens (tertiary/aromatic N) is 1. The van der Waals surface area contributed by atoms with Crippen molar-refractivity contribution in [2.24, 2.45) is 0 Å². The highest BCUT2D eigenvalue weighted by Gasteiger charge is 2.18. The van der Waals surface area contributed by atoms with E-state index >= 15 is 0 Å². The van der Waals surface area contributed by atoms with E-state index < -0.39 is 15.8 Å². The van der Waals surface area contributed by atoms with Gasteiger partial charge < -0.3 is 4.90 Å². The van der Waals surface area contributed by atoms with E-state index in [4.69, 9.17) is 11.6 Å². The van der Waals surface area contributed by atoms with E-state index in [-0.39, 0.29) is 29.5 Å². The maximum absolute atomic E-state index is 13.3. The highest BCUT2D eigenvalue weighted by Crippen LogP contribution is 2.23. The smallest absolute Gasteiger partial charge is 0.240 e. The molecule has 1 amide bonds. The van der Waals surface area contributed by atoms with Gasteiger partial charge in [-0.15, -0.1) is 0 Å². The van der Waals surface area contributed by atoms with Crippen LogP contribution in [0.5, 0.6) is 0 Å². The van der Waals surface area contributed by atoms with E-state index in [0.717, 1.165) is 11.6 Å². The molecule has 2 aromatic carbocycles. The summed E-state index contributed by atoms with van der Waals surface area (Å²) in [6.07, 6.45) is 0. The van der Waals surface area contributed by atoms with Crippen LogP contribution in [0, 0.1) is 19.7 Å². The monoisotopic (exact) mass is 398 g/mol. The number of halogens is 2. The predicted octanol–water partition coefficient (Wildman–Crippen LogP) is 3.43. The number of sulfonamides is 1. The molecule has 0 radical (unpaired) electrons. The second kappa shape index (κ2) is 8.16. The van der Waals surface area contributed by atoms with Crippen LogP contribution < -0.4 is 9.62 Å². The molecule has 0 aromatic heterocycles. The Bertz CT molecular complexity index is 932. The number of benzene rings is 2. The minimum Gasteiger partial charge on any atom is -0.311 e. The largest absolute Gasteiger partial charge is 0.311 e. The zero-order chi connectivity index (χ0) is 19.5. The van der Waals surface area contributed by atoms with Crippen LogP contribution in [0.4, 0.5) is 10.1 Å². The average molecular weight is 399 g/mol. The van der Waals surface area contributed by atoms with Gasteiger partial charge in [-0.25, -0.2) is 17.5 Å². The molecular formula is C18H20ClFN2O3S. The Balaban J connectivity index is 2.12. The molecule has 2 aromatic rings. The lowest BCUT2D eigenvalue weighted by molar-refractivity contribution is -0.116.